The molecule has 8 heteroatoms. The van der Waals surface area contributed by atoms with E-state index in [2.05, 4.69) is 10.3 Å². The molecule has 0 spiro atoms. The molecule has 180 valence electrons. The van der Waals surface area contributed by atoms with E-state index >= 15 is 0 Å². The van der Waals surface area contributed by atoms with Crippen LogP contribution < -0.4 is 5.32 Å². The Bertz CT molecular complexity index is 1250. The minimum atomic E-state index is -3.71. The molecule has 1 fully saturated rings. The van der Waals surface area contributed by atoms with Gasteiger partial charge in [0, 0.05) is 12.1 Å². The third-order valence-corrected chi connectivity index (χ3v) is 7.54. The zero-order valence-corrected chi connectivity index (χ0v) is 20.8. The van der Waals surface area contributed by atoms with Gasteiger partial charge in [0.15, 0.2) is 0 Å². The number of rotatable bonds is 9. The number of nitrogens with zero attached hydrogens (tertiary/aromatic N) is 3. The molecule has 34 heavy (non-hydrogen) atoms. The number of aryl methyl sites for hydroxylation is 1. The number of benzene rings is 2. The molecule has 0 saturated heterocycles. The average molecular weight is 481 g/mol. The summed E-state index contributed by atoms with van der Waals surface area (Å²) in [6.07, 6.45) is 3.51. The van der Waals surface area contributed by atoms with E-state index in [9.17, 15) is 13.2 Å². The van der Waals surface area contributed by atoms with Crippen molar-refractivity contribution in [3.63, 3.8) is 0 Å². The van der Waals surface area contributed by atoms with E-state index in [4.69, 9.17) is 0 Å². The number of hydrogen-bond donors (Lipinski definition) is 1. The van der Waals surface area contributed by atoms with Crippen molar-refractivity contribution < 1.29 is 13.2 Å². The van der Waals surface area contributed by atoms with Crippen LogP contribution in [-0.2, 0) is 28.7 Å². The summed E-state index contributed by atoms with van der Waals surface area (Å²) in [5.74, 6) is -0.120. The summed E-state index contributed by atoms with van der Waals surface area (Å²) in [6, 6.07) is 17.3. The van der Waals surface area contributed by atoms with Crippen molar-refractivity contribution in [1.82, 2.24) is 19.8 Å². The summed E-state index contributed by atoms with van der Waals surface area (Å²) >= 11 is 0. The van der Waals surface area contributed by atoms with Crippen molar-refractivity contribution in [3.8, 4) is 0 Å². The first-order valence-electron chi connectivity index (χ1n) is 11.7. The molecule has 0 atom stereocenters. The molecular weight excluding hydrogens is 448 g/mol. The molecule has 0 aliphatic heterocycles. The molecule has 4 rings (SSSR count). The first-order valence-corrected chi connectivity index (χ1v) is 13.3. The Hall–Kier alpha value is -3.13. The number of carbonyl (C=O) groups excluding carboxylic acids is 1. The van der Waals surface area contributed by atoms with Gasteiger partial charge in [0.2, 0.25) is 15.0 Å². The Morgan fingerprint density at radius 2 is 1.79 bits per heavy atom. The molecule has 2 amide bonds. The van der Waals surface area contributed by atoms with Gasteiger partial charge in [-0.3, -0.25) is 0 Å². The molecule has 1 saturated carbocycles. The normalized spacial score (nSPS) is 13.8. The summed E-state index contributed by atoms with van der Waals surface area (Å²) in [6.45, 7) is 6.44. The van der Waals surface area contributed by atoms with Crippen LogP contribution in [0.3, 0.4) is 0 Å². The average Bonchev–Trinajstić information content (AvgIpc) is 3.54. The molecule has 0 radical (unpaired) electrons. The summed E-state index contributed by atoms with van der Waals surface area (Å²) < 4.78 is 28.8. The van der Waals surface area contributed by atoms with E-state index < -0.39 is 9.84 Å². The van der Waals surface area contributed by atoms with Crippen molar-refractivity contribution in [3.05, 3.63) is 83.2 Å². The van der Waals surface area contributed by atoms with E-state index in [-0.39, 0.29) is 29.0 Å². The highest BCUT2D eigenvalue weighted by atomic mass is 32.2. The van der Waals surface area contributed by atoms with Crippen molar-refractivity contribution in [1.29, 1.82) is 0 Å². The second-order valence-electron chi connectivity index (χ2n) is 9.25. The fourth-order valence-corrected chi connectivity index (χ4v) is 5.59. The first kappa shape index (κ1) is 24.0. The zero-order chi connectivity index (χ0) is 24.3. The van der Waals surface area contributed by atoms with Gasteiger partial charge < -0.3 is 14.8 Å². The van der Waals surface area contributed by atoms with Crippen LogP contribution in [0.2, 0.25) is 0 Å². The summed E-state index contributed by atoms with van der Waals surface area (Å²) in [7, 11) is -3.71. The van der Waals surface area contributed by atoms with Crippen molar-refractivity contribution in [2.24, 2.45) is 0 Å². The van der Waals surface area contributed by atoms with Crippen LogP contribution in [0.4, 0.5) is 4.79 Å². The van der Waals surface area contributed by atoms with Gasteiger partial charge >= 0.3 is 6.03 Å². The maximum Gasteiger partial charge on any atom is 0.318 e. The number of nitrogens with one attached hydrogen (secondary N) is 1. The molecule has 0 bridgehead atoms. The van der Waals surface area contributed by atoms with Gasteiger partial charge in [0.25, 0.3) is 0 Å². The van der Waals surface area contributed by atoms with Gasteiger partial charge in [0.05, 0.1) is 30.7 Å². The number of amides is 2. The maximum atomic E-state index is 13.5. The second-order valence-corrected chi connectivity index (χ2v) is 11.1. The lowest BCUT2D eigenvalue weighted by Gasteiger charge is -2.25. The predicted octanol–water partition coefficient (Wildman–Crippen LogP) is 4.30. The lowest BCUT2D eigenvalue weighted by molar-refractivity contribution is 0.188. The van der Waals surface area contributed by atoms with Crippen LogP contribution in [0.15, 0.2) is 66.0 Å². The summed E-state index contributed by atoms with van der Waals surface area (Å²) in [4.78, 5) is 19.0. The monoisotopic (exact) mass is 480 g/mol. The van der Waals surface area contributed by atoms with Crippen LogP contribution >= 0.6 is 0 Å². The van der Waals surface area contributed by atoms with Crippen LogP contribution in [-0.4, -0.2) is 41.0 Å². The van der Waals surface area contributed by atoms with Crippen molar-refractivity contribution in [2.75, 3.05) is 0 Å². The minimum absolute atomic E-state index is 0.0213. The maximum absolute atomic E-state index is 13.5. The predicted molar refractivity (Wildman–Crippen MR) is 132 cm³/mol. The molecular formula is C26H32N4O3S. The summed E-state index contributed by atoms with van der Waals surface area (Å²) in [5.41, 5.74) is 3.36. The second kappa shape index (κ2) is 10.0. The van der Waals surface area contributed by atoms with Gasteiger partial charge in [0.1, 0.15) is 0 Å². The fraction of sp³-hybridized carbons (Fsp3) is 0.385. The summed E-state index contributed by atoms with van der Waals surface area (Å²) in [5, 5.41) is 3.01. The van der Waals surface area contributed by atoms with E-state index in [0.717, 1.165) is 29.5 Å². The molecule has 2 aromatic carbocycles. The number of hydrogen-bond acceptors (Lipinski definition) is 4. The largest absolute Gasteiger partial charge is 0.336 e. The van der Waals surface area contributed by atoms with Crippen molar-refractivity contribution in [2.45, 2.75) is 69.7 Å². The first-order chi connectivity index (χ1) is 16.2. The van der Waals surface area contributed by atoms with Gasteiger partial charge in [-0.05, 0) is 50.3 Å². The number of sulfone groups is 1. The highest BCUT2D eigenvalue weighted by molar-refractivity contribution is 7.90. The topological polar surface area (TPSA) is 84.3 Å². The lowest BCUT2D eigenvalue weighted by atomic mass is 10.1. The lowest BCUT2D eigenvalue weighted by Crippen LogP contribution is -2.44. The molecule has 1 aromatic heterocycles. The molecule has 1 N–H and O–H groups in total. The number of aromatic nitrogens is 2. The number of urea groups is 1. The number of imidazole rings is 1. The molecule has 7 nitrogen and oxygen atoms in total. The number of carbonyl (C=O) groups is 1. The van der Waals surface area contributed by atoms with E-state index in [1.54, 1.807) is 15.7 Å². The fourth-order valence-electron chi connectivity index (χ4n) is 4.00. The van der Waals surface area contributed by atoms with Gasteiger partial charge in [-0.25, -0.2) is 18.2 Å². The van der Waals surface area contributed by atoms with Gasteiger partial charge in [-0.2, -0.15) is 0 Å². The van der Waals surface area contributed by atoms with Crippen LogP contribution in [0.1, 0.15) is 49.1 Å². The Labute approximate surface area is 201 Å². The molecule has 0 unspecified atom stereocenters. The highest BCUT2D eigenvalue weighted by Crippen LogP contribution is 2.29. The van der Waals surface area contributed by atoms with Gasteiger partial charge in [-0.1, -0.05) is 54.6 Å². The minimum Gasteiger partial charge on any atom is -0.336 e. The molecule has 1 aliphatic rings. The Balaban J connectivity index is 1.70. The highest BCUT2D eigenvalue weighted by Gasteiger charge is 2.34. The Morgan fingerprint density at radius 1 is 1.12 bits per heavy atom. The van der Waals surface area contributed by atoms with E-state index in [1.807, 2.05) is 75.4 Å². The van der Waals surface area contributed by atoms with E-state index in [0.29, 0.717) is 18.8 Å². The van der Waals surface area contributed by atoms with Crippen LogP contribution in [0.25, 0.3) is 0 Å². The van der Waals surface area contributed by atoms with Crippen LogP contribution in [0.5, 0.6) is 0 Å². The van der Waals surface area contributed by atoms with Crippen LogP contribution in [0, 0.1) is 6.92 Å². The third-order valence-electron chi connectivity index (χ3n) is 5.96. The molecule has 1 heterocycles. The molecule has 3 aromatic rings. The standard InChI is InChI=1S/C26H32N4O3S/c1-19(2)28-25(31)29(23-13-14-23)17-24-15-27-26(30(24)16-21-10-5-4-6-11-21)34(32,33)18-22-12-8-7-9-20(22)3/h4-12,15,19,23H,13-14,16-18H2,1-3H3,(H,28,31). The third kappa shape index (κ3) is 5.67. The van der Waals surface area contributed by atoms with Crippen molar-refractivity contribution >= 4 is 15.9 Å². The SMILES string of the molecule is Cc1ccccc1CS(=O)(=O)c1ncc(CN(C(=O)NC(C)C)C2CC2)n1Cc1ccccc1. The quantitative estimate of drug-likeness (QED) is 0.495. The van der Waals surface area contributed by atoms with E-state index in [1.165, 1.54) is 0 Å². The Morgan fingerprint density at radius 3 is 2.44 bits per heavy atom. The molecule has 1 aliphatic carbocycles. The zero-order valence-electron chi connectivity index (χ0n) is 19.9. The Kier molecular flexibility index (Phi) is 7.07. The smallest absolute Gasteiger partial charge is 0.318 e. The van der Waals surface area contributed by atoms with Gasteiger partial charge in [-0.15, -0.1) is 0 Å².